The van der Waals surface area contributed by atoms with Gasteiger partial charge in [-0.2, -0.15) is 0 Å². The number of nitrogens with zero attached hydrogens (tertiary/aromatic N) is 1. The minimum atomic E-state index is -1.01. The summed E-state index contributed by atoms with van der Waals surface area (Å²) < 4.78 is 18.0. The second-order valence-electron chi connectivity index (χ2n) is 6.94. The van der Waals surface area contributed by atoms with Crippen LogP contribution in [0.5, 0.6) is 5.75 Å². The van der Waals surface area contributed by atoms with Gasteiger partial charge in [-0.15, -0.1) is 0 Å². The number of halogens is 1. The third kappa shape index (κ3) is 3.74. The Morgan fingerprint density at radius 2 is 2.03 bits per heavy atom. The van der Waals surface area contributed by atoms with Crippen LogP contribution in [0, 0.1) is 0 Å². The van der Waals surface area contributed by atoms with Crippen LogP contribution in [0.4, 0.5) is 5.13 Å². The Kier molecular flexibility index (Phi) is 5.16. The van der Waals surface area contributed by atoms with Gasteiger partial charge in [0.2, 0.25) is 16.9 Å². The van der Waals surface area contributed by atoms with Crippen LogP contribution in [-0.4, -0.2) is 17.0 Å². The Bertz CT molecular complexity index is 1510. The minimum absolute atomic E-state index is 0.0996. The van der Waals surface area contributed by atoms with Crippen LogP contribution in [0.3, 0.4) is 0 Å². The molecule has 0 saturated carbocycles. The summed E-state index contributed by atoms with van der Waals surface area (Å²) in [5.74, 6) is -0.128. The van der Waals surface area contributed by atoms with Crippen molar-refractivity contribution < 1.29 is 18.4 Å². The van der Waals surface area contributed by atoms with Gasteiger partial charge in [0.1, 0.15) is 5.58 Å². The molecule has 0 aliphatic carbocycles. The lowest BCUT2D eigenvalue weighted by Gasteiger charge is -2.15. The minimum Gasteiger partial charge on any atom is -0.473 e. The SMILES string of the molecule is CC(Oc1c(-c2ccco2)oc2ccccc2c1=O)C(=O)Nc1nc2ccc(Cl)cc2s1. The van der Waals surface area contributed by atoms with Crippen molar-refractivity contribution in [2.75, 3.05) is 5.32 Å². The Morgan fingerprint density at radius 1 is 1.19 bits per heavy atom. The van der Waals surface area contributed by atoms with Gasteiger partial charge in [-0.05, 0) is 49.4 Å². The predicted molar refractivity (Wildman–Crippen MR) is 124 cm³/mol. The maximum atomic E-state index is 13.1. The van der Waals surface area contributed by atoms with E-state index in [1.165, 1.54) is 17.6 Å². The largest absolute Gasteiger partial charge is 0.473 e. The molecule has 0 fully saturated rings. The van der Waals surface area contributed by atoms with Gasteiger partial charge in [-0.3, -0.25) is 14.9 Å². The molecule has 1 unspecified atom stereocenters. The maximum Gasteiger partial charge on any atom is 0.266 e. The number of fused-ring (bicyclic) bond motifs is 2. The van der Waals surface area contributed by atoms with Crippen molar-refractivity contribution in [1.29, 1.82) is 0 Å². The van der Waals surface area contributed by atoms with Gasteiger partial charge in [0.15, 0.2) is 17.0 Å². The maximum absolute atomic E-state index is 13.1. The first-order valence-electron chi connectivity index (χ1n) is 9.63. The molecule has 2 aromatic carbocycles. The van der Waals surface area contributed by atoms with Gasteiger partial charge in [-0.25, -0.2) is 4.98 Å². The first kappa shape index (κ1) is 20.3. The molecule has 0 radical (unpaired) electrons. The van der Waals surface area contributed by atoms with Crippen molar-refractivity contribution >= 4 is 55.2 Å². The van der Waals surface area contributed by atoms with E-state index < -0.39 is 17.4 Å². The summed E-state index contributed by atoms with van der Waals surface area (Å²) in [5.41, 5.74) is 0.715. The molecular formula is C23H15ClN2O5S. The van der Waals surface area contributed by atoms with Crippen LogP contribution in [0.25, 0.3) is 32.7 Å². The van der Waals surface area contributed by atoms with Crippen LogP contribution < -0.4 is 15.5 Å². The Hall–Kier alpha value is -3.62. The Morgan fingerprint density at radius 3 is 2.84 bits per heavy atom. The second-order valence-corrected chi connectivity index (χ2v) is 8.41. The van der Waals surface area contributed by atoms with Crippen molar-refractivity contribution in [3.05, 3.63) is 76.1 Å². The third-order valence-electron chi connectivity index (χ3n) is 4.75. The number of rotatable bonds is 5. The van der Waals surface area contributed by atoms with E-state index in [9.17, 15) is 9.59 Å². The van der Waals surface area contributed by atoms with Gasteiger partial charge in [0.25, 0.3) is 5.91 Å². The van der Waals surface area contributed by atoms with Crippen molar-refractivity contribution in [3.8, 4) is 17.3 Å². The zero-order valence-electron chi connectivity index (χ0n) is 16.6. The van der Waals surface area contributed by atoms with Crippen molar-refractivity contribution in [1.82, 2.24) is 4.98 Å². The monoisotopic (exact) mass is 466 g/mol. The number of hydrogen-bond acceptors (Lipinski definition) is 7. The highest BCUT2D eigenvalue weighted by Crippen LogP contribution is 2.32. The predicted octanol–water partition coefficient (Wildman–Crippen LogP) is 5.72. The van der Waals surface area contributed by atoms with E-state index in [1.54, 1.807) is 61.5 Å². The van der Waals surface area contributed by atoms with Crippen molar-refractivity contribution in [2.24, 2.45) is 0 Å². The number of ether oxygens (including phenoxy) is 1. The number of benzene rings is 2. The average Bonchev–Trinajstić information content (AvgIpc) is 3.45. The smallest absolute Gasteiger partial charge is 0.266 e. The standard InChI is InChI=1S/C23H15ClN2O5S/c1-12(22(28)26-23-25-15-9-8-13(24)11-18(15)32-23)30-21-19(27)14-5-2-3-6-16(14)31-20(21)17-7-4-10-29-17/h2-12H,1H3,(H,25,26,28). The second kappa shape index (κ2) is 8.14. The molecule has 0 saturated heterocycles. The van der Waals surface area contributed by atoms with Crippen molar-refractivity contribution in [3.63, 3.8) is 0 Å². The van der Waals surface area contributed by atoms with Gasteiger partial charge in [-0.1, -0.05) is 35.1 Å². The molecule has 32 heavy (non-hydrogen) atoms. The van der Waals surface area contributed by atoms with E-state index in [0.29, 0.717) is 26.9 Å². The molecule has 7 nitrogen and oxygen atoms in total. The molecule has 5 aromatic rings. The van der Waals surface area contributed by atoms with Gasteiger partial charge in [0, 0.05) is 5.02 Å². The number of nitrogens with one attached hydrogen (secondary N) is 1. The van der Waals surface area contributed by atoms with E-state index >= 15 is 0 Å². The summed E-state index contributed by atoms with van der Waals surface area (Å²) in [5, 5.41) is 4.06. The molecule has 0 aliphatic heterocycles. The van der Waals surface area contributed by atoms with Crippen molar-refractivity contribution in [2.45, 2.75) is 13.0 Å². The number of amides is 1. The van der Waals surface area contributed by atoms with E-state index in [4.69, 9.17) is 25.2 Å². The van der Waals surface area contributed by atoms with E-state index in [2.05, 4.69) is 10.3 Å². The zero-order valence-corrected chi connectivity index (χ0v) is 18.2. The number of hydrogen-bond donors (Lipinski definition) is 1. The molecule has 5 rings (SSSR count). The topological polar surface area (TPSA) is 94.6 Å². The number of aromatic nitrogens is 1. The average molecular weight is 467 g/mol. The molecule has 1 atom stereocenters. The van der Waals surface area contributed by atoms with E-state index in [-0.39, 0.29) is 11.5 Å². The lowest BCUT2D eigenvalue weighted by molar-refractivity contribution is -0.122. The summed E-state index contributed by atoms with van der Waals surface area (Å²) >= 11 is 7.30. The molecule has 0 spiro atoms. The molecule has 0 aliphatic rings. The van der Waals surface area contributed by atoms with E-state index in [1.807, 2.05) is 0 Å². The third-order valence-corrected chi connectivity index (χ3v) is 5.91. The number of anilines is 1. The molecule has 3 heterocycles. The molecule has 9 heteroatoms. The number of thiazole rings is 1. The van der Waals surface area contributed by atoms with Gasteiger partial charge in [0.05, 0.1) is 21.9 Å². The molecule has 3 aromatic heterocycles. The fraction of sp³-hybridized carbons (Fsp3) is 0.0870. The number of carbonyl (C=O) groups is 1. The lowest BCUT2D eigenvalue weighted by Crippen LogP contribution is -2.31. The fourth-order valence-corrected chi connectivity index (χ4v) is 4.34. The highest BCUT2D eigenvalue weighted by atomic mass is 35.5. The first-order valence-corrected chi connectivity index (χ1v) is 10.8. The molecule has 0 bridgehead atoms. The number of carbonyl (C=O) groups excluding carboxylic acids is 1. The lowest BCUT2D eigenvalue weighted by atomic mass is 10.2. The highest BCUT2D eigenvalue weighted by Gasteiger charge is 2.24. The van der Waals surface area contributed by atoms with Crippen LogP contribution in [-0.2, 0) is 4.79 Å². The van der Waals surface area contributed by atoms with Crippen LogP contribution >= 0.6 is 22.9 Å². The fourth-order valence-electron chi connectivity index (χ4n) is 3.19. The normalized spacial score (nSPS) is 12.2. The van der Waals surface area contributed by atoms with Crippen LogP contribution in [0.1, 0.15) is 6.92 Å². The quantitative estimate of drug-likeness (QED) is 0.356. The zero-order chi connectivity index (χ0) is 22.2. The van der Waals surface area contributed by atoms with Gasteiger partial charge < -0.3 is 13.6 Å². The highest BCUT2D eigenvalue weighted by molar-refractivity contribution is 7.22. The van der Waals surface area contributed by atoms with Crippen LogP contribution in [0.15, 0.2) is 74.5 Å². The Labute approximate surface area is 190 Å². The van der Waals surface area contributed by atoms with E-state index in [0.717, 1.165) is 10.2 Å². The summed E-state index contributed by atoms with van der Waals surface area (Å²) in [7, 11) is 0. The summed E-state index contributed by atoms with van der Waals surface area (Å²) in [6, 6.07) is 15.4. The number of furan rings is 1. The van der Waals surface area contributed by atoms with Gasteiger partial charge >= 0.3 is 0 Å². The first-order chi connectivity index (χ1) is 15.5. The molecule has 1 N–H and O–H groups in total. The summed E-state index contributed by atoms with van der Waals surface area (Å²) in [6.45, 7) is 1.54. The summed E-state index contributed by atoms with van der Waals surface area (Å²) in [4.78, 5) is 30.3. The summed E-state index contributed by atoms with van der Waals surface area (Å²) in [6.07, 6.45) is 0.451. The molecular weight excluding hydrogens is 452 g/mol. The van der Waals surface area contributed by atoms with Crippen LogP contribution in [0.2, 0.25) is 5.02 Å². The molecule has 160 valence electrons. The Balaban J connectivity index is 1.46. The molecule has 1 amide bonds. The number of para-hydroxylation sites is 1.